The van der Waals surface area contributed by atoms with Gasteiger partial charge in [0.05, 0.1) is 6.10 Å². The summed E-state index contributed by atoms with van der Waals surface area (Å²) in [5.41, 5.74) is 6.25. The van der Waals surface area contributed by atoms with Gasteiger partial charge in [-0.1, -0.05) is 25.8 Å². The summed E-state index contributed by atoms with van der Waals surface area (Å²) in [6.07, 6.45) is 6.12. The minimum atomic E-state index is -0.284. The summed E-state index contributed by atoms with van der Waals surface area (Å²) >= 11 is 0. The van der Waals surface area contributed by atoms with Crippen LogP contribution in [0.25, 0.3) is 0 Å². The molecule has 0 spiro atoms. The van der Waals surface area contributed by atoms with Gasteiger partial charge in [0, 0.05) is 17.7 Å². The van der Waals surface area contributed by atoms with Gasteiger partial charge in [0.15, 0.2) is 0 Å². The first-order valence-electron chi connectivity index (χ1n) is 7.31. The molecule has 1 aliphatic carbocycles. The van der Waals surface area contributed by atoms with E-state index in [0.717, 1.165) is 18.8 Å². The van der Waals surface area contributed by atoms with Crippen LogP contribution in [-0.4, -0.2) is 6.10 Å². The summed E-state index contributed by atoms with van der Waals surface area (Å²) in [6, 6.07) is 4.74. The average molecular weight is 265 g/mol. The second-order valence-electron chi connectivity index (χ2n) is 5.65. The summed E-state index contributed by atoms with van der Waals surface area (Å²) in [7, 11) is 0. The van der Waals surface area contributed by atoms with Crippen LogP contribution in [0, 0.1) is 11.7 Å². The van der Waals surface area contributed by atoms with Crippen molar-refractivity contribution in [3.63, 3.8) is 0 Å². The minimum Gasteiger partial charge on any atom is -0.490 e. The Labute approximate surface area is 115 Å². The number of hydrogen-bond donors (Lipinski definition) is 1. The lowest BCUT2D eigenvalue weighted by Crippen LogP contribution is -2.25. The summed E-state index contributed by atoms with van der Waals surface area (Å²) in [4.78, 5) is 0. The number of hydrogen-bond acceptors (Lipinski definition) is 2. The van der Waals surface area contributed by atoms with Crippen LogP contribution in [0.2, 0.25) is 0 Å². The molecule has 1 fully saturated rings. The highest BCUT2D eigenvalue weighted by molar-refractivity contribution is 5.30. The van der Waals surface area contributed by atoms with E-state index in [1.165, 1.54) is 25.3 Å². The highest BCUT2D eigenvalue weighted by atomic mass is 19.1. The molecule has 0 bridgehead atoms. The first-order chi connectivity index (χ1) is 9.10. The van der Waals surface area contributed by atoms with E-state index in [2.05, 4.69) is 6.92 Å². The lowest BCUT2D eigenvalue weighted by atomic mass is 9.85. The molecule has 1 saturated carbocycles. The second-order valence-corrected chi connectivity index (χ2v) is 5.65. The molecule has 0 amide bonds. The number of halogens is 1. The Morgan fingerprint density at radius 1 is 1.42 bits per heavy atom. The fourth-order valence-corrected chi connectivity index (χ4v) is 2.86. The van der Waals surface area contributed by atoms with Crippen LogP contribution in [0.3, 0.4) is 0 Å². The van der Waals surface area contributed by atoms with Crippen molar-refractivity contribution in [2.45, 2.75) is 58.1 Å². The Balaban J connectivity index is 2.01. The monoisotopic (exact) mass is 265 g/mol. The van der Waals surface area contributed by atoms with Crippen molar-refractivity contribution in [2.75, 3.05) is 0 Å². The van der Waals surface area contributed by atoms with Gasteiger partial charge in [-0.15, -0.1) is 0 Å². The van der Waals surface area contributed by atoms with Crippen LogP contribution in [-0.2, 0) is 0 Å². The number of ether oxygens (including phenoxy) is 1. The molecule has 0 aliphatic heterocycles. The molecule has 106 valence electrons. The molecule has 2 N–H and O–H groups in total. The number of benzene rings is 1. The van der Waals surface area contributed by atoms with Gasteiger partial charge >= 0.3 is 0 Å². The van der Waals surface area contributed by atoms with Gasteiger partial charge in [0.1, 0.15) is 11.6 Å². The van der Waals surface area contributed by atoms with Gasteiger partial charge in [-0.2, -0.15) is 0 Å². The van der Waals surface area contributed by atoms with E-state index in [1.807, 2.05) is 6.07 Å². The van der Waals surface area contributed by atoms with Crippen LogP contribution in [0.5, 0.6) is 5.75 Å². The zero-order chi connectivity index (χ0) is 13.8. The smallest absolute Gasteiger partial charge is 0.131 e. The van der Waals surface area contributed by atoms with Crippen molar-refractivity contribution in [3.8, 4) is 5.75 Å². The first-order valence-corrected chi connectivity index (χ1v) is 7.31. The minimum absolute atomic E-state index is 0.235. The largest absolute Gasteiger partial charge is 0.490 e. The molecule has 2 rings (SSSR count). The molecule has 0 aromatic heterocycles. The molecule has 1 aromatic carbocycles. The van der Waals surface area contributed by atoms with Gasteiger partial charge in [0.2, 0.25) is 0 Å². The van der Waals surface area contributed by atoms with Crippen molar-refractivity contribution >= 4 is 0 Å². The van der Waals surface area contributed by atoms with E-state index >= 15 is 0 Å². The maximum Gasteiger partial charge on any atom is 0.131 e. The fraction of sp³-hybridized carbons (Fsp3) is 0.625. The van der Waals surface area contributed by atoms with Crippen LogP contribution in [0.1, 0.15) is 57.6 Å². The summed E-state index contributed by atoms with van der Waals surface area (Å²) in [5.74, 6) is 1.12. The van der Waals surface area contributed by atoms with Crippen LogP contribution in [0.15, 0.2) is 18.2 Å². The second kappa shape index (κ2) is 6.38. The van der Waals surface area contributed by atoms with E-state index in [-0.39, 0.29) is 18.0 Å². The Kier molecular flexibility index (Phi) is 4.81. The molecular formula is C16H24FNO. The van der Waals surface area contributed by atoms with Gasteiger partial charge in [-0.05, 0) is 38.2 Å². The molecule has 0 saturated heterocycles. The van der Waals surface area contributed by atoms with Crippen molar-refractivity contribution in [3.05, 3.63) is 29.6 Å². The van der Waals surface area contributed by atoms with E-state index in [0.29, 0.717) is 11.3 Å². The van der Waals surface area contributed by atoms with Crippen LogP contribution >= 0.6 is 0 Å². The van der Waals surface area contributed by atoms with Crippen LogP contribution in [0.4, 0.5) is 4.39 Å². The van der Waals surface area contributed by atoms with Gasteiger partial charge < -0.3 is 10.5 Å². The predicted octanol–water partition coefficient (Wildman–Crippen LogP) is 4.19. The zero-order valence-electron chi connectivity index (χ0n) is 11.9. The SMILES string of the molecule is CCC1CCCC(Oc2ccc([C@@H](C)N)c(F)c2)C1. The number of rotatable bonds is 4. The highest BCUT2D eigenvalue weighted by Crippen LogP contribution is 2.30. The molecule has 0 heterocycles. The summed E-state index contributed by atoms with van der Waals surface area (Å²) in [6.45, 7) is 4.01. The number of nitrogens with two attached hydrogens (primary N) is 1. The third kappa shape index (κ3) is 3.69. The summed E-state index contributed by atoms with van der Waals surface area (Å²) in [5, 5.41) is 0. The molecule has 3 heteroatoms. The lowest BCUT2D eigenvalue weighted by molar-refractivity contribution is 0.121. The van der Waals surface area contributed by atoms with Crippen LogP contribution < -0.4 is 10.5 Å². The van der Waals surface area contributed by atoms with Crippen molar-refractivity contribution in [2.24, 2.45) is 11.7 Å². The topological polar surface area (TPSA) is 35.2 Å². The average Bonchev–Trinajstić information content (AvgIpc) is 2.38. The fourth-order valence-electron chi connectivity index (χ4n) is 2.86. The van der Waals surface area contributed by atoms with Gasteiger partial charge in [-0.3, -0.25) is 0 Å². The molecule has 3 atom stereocenters. The molecule has 2 unspecified atom stereocenters. The maximum atomic E-state index is 13.8. The zero-order valence-corrected chi connectivity index (χ0v) is 11.9. The molecule has 2 nitrogen and oxygen atoms in total. The van der Waals surface area contributed by atoms with E-state index in [4.69, 9.17) is 10.5 Å². The van der Waals surface area contributed by atoms with Gasteiger partial charge in [0.25, 0.3) is 0 Å². The Hall–Kier alpha value is -1.09. The highest BCUT2D eigenvalue weighted by Gasteiger charge is 2.22. The van der Waals surface area contributed by atoms with Crippen molar-refractivity contribution in [1.82, 2.24) is 0 Å². The first kappa shape index (κ1) is 14.3. The molecular weight excluding hydrogens is 241 g/mol. The summed E-state index contributed by atoms with van der Waals surface area (Å²) < 4.78 is 19.8. The molecule has 19 heavy (non-hydrogen) atoms. The van der Waals surface area contributed by atoms with Crippen molar-refractivity contribution < 1.29 is 9.13 Å². The molecule has 0 radical (unpaired) electrons. The van der Waals surface area contributed by atoms with Crippen molar-refractivity contribution in [1.29, 1.82) is 0 Å². The van der Waals surface area contributed by atoms with Gasteiger partial charge in [-0.25, -0.2) is 4.39 Å². The lowest BCUT2D eigenvalue weighted by Gasteiger charge is -2.29. The third-order valence-corrected chi connectivity index (χ3v) is 4.08. The Morgan fingerprint density at radius 3 is 2.84 bits per heavy atom. The Morgan fingerprint density at radius 2 is 2.21 bits per heavy atom. The maximum absolute atomic E-state index is 13.8. The van der Waals surface area contributed by atoms with E-state index in [1.54, 1.807) is 13.0 Å². The standard InChI is InChI=1S/C16H24FNO/c1-3-12-5-4-6-13(9-12)19-14-7-8-15(11(2)18)16(17)10-14/h7-8,10-13H,3-6,9,18H2,1-2H3/t11-,12?,13?/m1/s1. The normalized spacial score (nSPS) is 25.1. The Bertz CT molecular complexity index is 419. The third-order valence-electron chi connectivity index (χ3n) is 4.08. The molecule has 1 aliphatic rings. The predicted molar refractivity (Wildman–Crippen MR) is 75.7 cm³/mol. The van der Waals surface area contributed by atoms with E-state index in [9.17, 15) is 4.39 Å². The van der Waals surface area contributed by atoms with E-state index < -0.39 is 0 Å². The molecule has 1 aromatic rings. The quantitative estimate of drug-likeness (QED) is 0.885.